The van der Waals surface area contributed by atoms with Gasteiger partial charge in [-0.05, 0) is 56.5 Å². The van der Waals surface area contributed by atoms with Crippen LogP contribution in [0.4, 0.5) is 4.39 Å². The lowest BCUT2D eigenvalue weighted by atomic mass is 9.99. The molecule has 1 aliphatic rings. The van der Waals surface area contributed by atoms with E-state index in [9.17, 15) is 9.18 Å². The smallest absolute Gasteiger partial charge is 0.254 e. The molecule has 0 bridgehead atoms. The molecular formula is C19H29FN2O. The Morgan fingerprint density at radius 2 is 1.91 bits per heavy atom. The van der Waals surface area contributed by atoms with Gasteiger partial charge < -0.3 is 9.80 Å². The fourth-order valence-electron chi connectivity index (χ4n) is 3.37. The summed E-state index contributed by atoms with van der Waals surface area (Å²) in [7, 11) is 1.85. The Kier molecular flexibility index (Phi) is 6.17. The molecule has 1 amide bonds. The van der Waals surface area contributed by atoms with Crippen LogP contribution >= 0.6 is 0 Å². The Bertz CT molecular complexity index is 538. The van der Waals surface area contributed by atoms with E-state index in [0.717, 1.165) is 19.6 Å². The number of amides is 1. The van der Waals surface area contributed by atoms with Crippen LogP contribution in [0.25, 0.3) is 0 Å². The van der Waals surface area contributed by atoms with E-state index in [2.05, 4.69) is 18.7 Å². The van der Waals surface area contributed by atoms with Crippen LogP contribution < -0.4 is 0 Å². The number of likely N-dealkylation sites (N-methyl/N-ethyl adjacent to an activating group) is 1. The highest BCUT2D eigenvalue weighted by atomic mass is 19.1. The van der Waals surface area contributed by atoms with E-state index >= 15 is 0 Å². The summed E-state index contributed by atoms with van der Waals surface area (Å²) in [6, 6.07) is 4.87. The van der Waals surface area contributed by atoms with E-state index in [4.69, 9.17) is 0 Å². The van der Waals surface area contributed by atoms with Crippen molar-refractivity contribution >= 4 is 5.91 Å². The lowest BCUT2D eigenvalue weighted by molar-refractivity contribution is 0.0610. The molecule has 0 spiro atoms. The fraction of sp³-hybridized carbons (Fsp3) is 0.632. The van der Waals surface area contributed by atoms with Crippen molar-refractivity contribution in [3.63, 3.8) is 0 Å². The summed E-state index contributed by atoms with van der Waals surface area (Å²) < 4.78 is 13.8. The number of hydrogen-bond donors (Lipinski definition) is 0. The van der Waals surface area contributed by atoms with E-state index in [-0.39, 0.29) is 17.8 Å². The van der Waals surface area contributed by atoms with Gasteiger partial charge >= 0.3 is 0 Å². The van der Waals surface area contributed by atoms with Crippen LogP contribution in [0.15, 0.2) is 18.2 Å². The minimum Gasteiger partial charge on any atom is -0.337 e. The second-order valence-electron chi connectivity index (χ2n) is 7.00. The van der Waals surface area contributed by atoms with Gasteiger partial charge in [-0.15, -0.1) is 0 Å². The molecular weight excluding hydrogens is 291 g/mol. The molecule has 1 aromatic carbocycles. The molecule has 1 aromatic rings. The highest BCUT2D eigenvalue weighted by molar-refractivity contribution is 5.95. The van der Waals surface area contributed by atoms with Crippen LogP contribution in [0.1, 0.15) is 49.0 Å². The Balaban J connectivity index is 2.14. The van der Waals surface area contributed by atoms with E-state index < -0.39 is 0 Å². The molecule has 1 aliphatic heterocycles. The largest absolute Gasteiger partial charge is 0.337 e. The number of nitrogens with zero attached hydrogens (tertiary/aromatic N) is 2. The number of hydrogen-bond acceptors (Lipinski definition) is 2. The molecule has 0 saturated carbocycles. The molecule has 1 atom stereocenters. The van der Waals surface area contributed by atoms with Gasteiger partial charge in [0.15, 0.2) is 0 Å². The van der Waals surface area contributed by atoms with Crippen LogP contribution in [0, 0.1) is 18.7 Å². The molecule has 23 heavy (non-hydrogen) atoms. The molecule has 0 radical (unpaired) electrons. The van der Waals surface area contributed by atoms with Gasteiger partial charge in [0, 0.05) is 25.2 Å². The van der Waals surface area contributed by atoms with Crippen molar-refractivity contribution in [3.05, 3.63) is 35.1 Å². The normalized spacial score (nSPS) is 17.3. The molecule has 0 aromatic heterocycles. The maximum atomic E-state index is 13.8. The van der Waals surface area contributed by atoms with Gasteiger partial charge in [0.1, 0.15) is 5.82 Å². The third-order valence-corrected chi connectivity index (χ3v) is 4.98. The van der Waals surface area contributed by atoms with Crippen LogP contribution in [-0.4, -0.2) is 48.4 Å². The van der Waals surface area contributed by atoms with Crippen molar-refractivity contribution in [2.75, 3.05) is 26.7 Å². The molecule has 0 aliphatic carbocycles. The lowest BCUT2D eigenvalue weighted by Gasteiger charge is -2.37. The zero-order valence-corrected chi connectivity index (χ0v) is 14.8. The number of carbonyl (C=O) groups is 1. The van der Waals surface area contributed by atoms with E-state index in [1.165, 1.54) is 25.3 Å². The lowest BCUT2D eigenvalue weighted by Crippen LogP contribution is -2.49. The molecule has 128 valence electrons. The summed E-state index contributed by atoms with van der Waals surface area (Å²) in [5, 5.41) is 0. The second kappa shape index (κ2) is 7.91. The highest BCUT2D eigenvalue weighted by Gasteiger charge is 2.27. The summed E-state index contributed by atoms with van der Waals surface area (Å²) in [5.74, 6) is -0.0428. The monoisotopic (exact) mass is 320 g/mol. The highest BCUT2D eigenvalue weighted by Crippen LogP contribution is 2.20. The van der Waals surface area contributed by atoms with Crippen molar-refractivity contribution in [3.8, 4) is 0 Å². The number of benzene rings is 1. The first-order valence-electron chi connectivity index (χ1n) is 8.66. The molecule has 2 rings (SSSR count). The van der Waals surface area contributed by atoms with E-state index in [1.54, 1.807) is 24.0 Å². The number of piperidine rings is 1. The van der Waals surface area contributed by atoms with Gasteiger partial charge in [-0.1, -0.05) is 26.3 Å². The van der Waals surface area contributed by atoms with Crippen molar-refractivity contribution in [2.45, 2.75) is 46.1 Å². The van der Waals surface area contributed by atoms with Crippen LogP contribution in [0.2, 0.25) is 0 Å². The minimum atomic E-state index is -0.318. The average molecular weight is 320 g/mol. The van der Waals surface area contributed by atoms with Gasteiger partial charge in [-0.25, -0.2) is 4.39 Å². The number of carbonyl (C=O) groups excluding carboxylic acids is 1. The van der Waals surface area contributed by atoms with Gasteiger partial charge in [0.2, 0.25) is 0 Å². The Morgan fingerprint density at radius 1 is 1.26 bits per heavy atom. The fourth-order valence-corrected chi connectivity index (χ4v) is 3.37. The van der Waals surface area contributed by atoms with Gasteiger partial charge in [-0.3, -0.25) is 4.79 Å². The minimum absolute atomic E-state index is 0.0855. The summed E-state index contributed by atoms with van der Waals surface area (Å²) in [4.78, 5) is 17.1. The molecule has 0 unspecified atom stereocenters. The predicted octanol–water partition coefficient (Wildman–Crippen LogP) is 3.72. The Morgan fingerprint density at radius 3 is 2.52 bits per heavy atom. The maximum absolute atomic E-state index is 13.8. The first-order chi connectivity index (χ1) is 10.9. The average Bonchev–Trinajstić information content (AvgIpc) is 2.54. The van der Waals surface area contributed by atoms with Crippen LogP contribution in [0.5, 0.6) is 0 Å². The number of rotatable bonds is 5. The Labute approximate surface area is 139 Å². The van der Waals surface area contributed by atoms with Gasteiger partial charge in [0.25, 0.3) is 5.91 Å². The van der Waals surface area contributed by atoms with Crippen LogP contribution in [0.3, 0.4) is 0 Å². The summed E-state index contributed by atoms with van der Waals surface area (Å²) in [6.45, 7) is 9.10. The van der Waals surface area contributed by atoms with E-state index in [1.807, 2.05) is 7.05 Å². The maximum Gasteiger partial charge on any atom is 0.254 e. The standard InChI is InChI=1S/C19H29FN2O/c1-14(2)18(13-22-11-6-5-7-12-22)21(4)19(23)16-9-8-10-17(20)15(16)3/h8-10,14,18H,5-7,11-13H2,1-4H3/t18-/m1/s1. The molecule has 3 nitrogen and oxygen atoms in total. The SMILES string of the molecule is Cc1c(F)cccc1C(=O)N(C)[C@H](CN1CCCCC1)C(C)C. The first-order valence-corrected chi connectivity index (χ1v) is 8.66. The van der Waals surface area contributed by atoms with Crippen LogP contribution in [-0.2, 0) is 0 Å². The zero-order chi connectivity index (χ0) is 17.0. The van der Waals surface area contributed by atoms with Crippen molar-refractivity contribution in [1.82, 2.24) is 9.80 Å². The molecule has 1 heterocycles. The number of likely N-dealkylation sites (tertiary alicyclic amines) is 1. The third-order valence-electron chi connectivity index (χ3n) is 4.98. The van der Waals surface area contributed by atoms with E-state index in [0.29, 0.717) is 17.0 Å². The van der Waals surface area contributed by atoms with Crippen molar-refractivity contribution in [1.29, 1.82) is 0 Å². The molecule has 1 saturated heterocycles. The molecule has 4 heteroatoms. The zero-order valence-electron chi connectivity index (χ0n) is 14.8. The predicted molar refractivity (Wildman–Crippen MR) is 92.1 cm³/mol. The quantitative estimate of drug-likeness (QED) is 0.825. The van der Waals surface area contributed by atoms with Crippen molar-refractivity contribution < 1.29 is 9.18 Å². The Hall–Kier alpha value is -1.42. The summed E-state index contributed by atoms with van der Waals surface area (Å²) in [5.41, 5.74) is 0.904. The molecule has 0 N–H and O–H groups in total. The van der Waals surface area contributed by atoms with Crippen molar-refractivity contribution in [2.24, 2.45) is 5.92 Å². The molecule has 1 fully saturated rings. The second-order valence-corrected chi connectivity index (χ2v) is 7.00. The summed E-state index contributed by atoms with van der Waals surface area (Å²) in [6.07, 6.45) is 3.79. The topological polar surface area (TPSA) is 23.6 Å². The first kappa shape index (κ1) is 17.9. The third kappa shape index (κ3) is 4.31. The van der Waals surface area contributed by atoms with Gasteiger partial charge in [-0.2, -0.15) is 0 Å². The van der Waals surface area contributed by atoms with Gasteiger partial charge in [0.05, 0.1) is 0 Å². The summed E-state index contributed by atoms with van der Waals surface area (Å²) >= 11 is 0. The number of halogens is 1.